The Bertz CT molecular complexity index is 303. The third-order valence-electron chi connectivity index (χ3n) is 2.82. The molecule has 1 atom stereocenters. The van der Waals surface area contributed by atoms with E-state index in [0.29, 0.717) is 11.8 Å². The lowest BCUT2D eigenvalue weighted by Gasteiger charge is -2.10. The molecule has 2 heterocycles. The second-order valence-electron chi connectivity index (χ2n) is 4.23. The standard InChI is InChI=1S/C12H17NO/c1-9(2)10-3-5-13-12(7-10)11-4-6-14-8-11/h3,5,7,9,11H,4,6,8H2,1-2H3/t11-/m1/s1. The lowest BCUT2D eigenvalue weighted by molar-refractivity contribution is 0.193. The molecule has 14 heavy (non-hydrogen) atoms. The molecule has 1 aromatic rings. The van der Waals surface area contributed by atoms with Gasteiger partial charge in [-0.15, -0.1) is 0 Å². The zero-order valence-electron chi connectivity index (χ0n) is 8.86. The van der Waals surface area contributed by atoms with Gasteiger partial charge in [0.15, 0.2) is 0 Å². The summed E-state index contributed by atoms with van der Waals surface area (Å²) < 4.78 is 5.37. The van der Waals surface area contributed by atoms with Crippen LogP contribution < -0.4 is 0 Å². The van der Waals surface area contributed by atoms with Crippen LogP contribution in [0.4, 0.5) is 0 Å². The monoisotopic (exact) mass is 191 g/mol. The molecule has 76 valence electrons. The van der Waals surface area contributed by atoms with Crippen molar-refractivity contribution in [2.75, 3.05) is 13.2 Å². The molecule has 0 radical (unpaired) electrons. The van der Waals surface area contributed by atoms with E-state index in [1.165, 1.54) is 11.3 Å². The fourth-order valence-corrected chi connectivity index (χ4v) is 1.82. The maximum Gasteiger partial charge on any atom is 0.0550 e. The number of hydrogen-bond acceptors (Lipinski definition) is 2. The van der Waals surface area contributed by atoms with Crippen molar-refractivity contribution >= 4 is 0 Å². The van der Waals surface area contributed by atoms with Crippen LogP contribution in [0, 0.1) is 0 Å². The predicted molar refractivity (Wildman–Crippen MR) is 56.5 cm³/mol. The summed E-state index contributed by atoms with van der Waals surface area (Å²) in [6.45, 7) is 6.15. The Morgan fingerprint density at radius 3 is 3.00 bits per heavy atom. The van der Waals surface area contributed by atoms with Gasteiger partial charge in [0.05, 0.1) is 6.61 Å². The van der Waals surface area contributed by atoms with Crippen LogP contribution in [0.25, 0.3) is 0 Å². The molecular formula is C12H17NO. The first kappa shape index (κ1) is 9.66. The molecule has 1 saturated heterocycles. The normalized spacial score (nSPS) is 21.8. The van der Waals surface area contributed by atoms with Crippen molar-refractivity contribution < 1.29 is 4.74 Å². The number of nitrogens with zero attached hydrogens (tertiary/aromatic N) is 1. The van der Waals surface area contributed by atoms with Crippen LogP contribution >= 0.6 is 0 Å². The van der Waals surface area contributed by atoms with Gasteiger partial charge in [0.1, 0.15) is 0 Å². The van der Waals surface area contributed by atoms with Gasteiger partial charge >= 0.3 is 0 Å². The molecule has 1 aliphatic rings. The summed E-state index contributed by atoms with van der Waals surface area (Å²) in [6.07, 6.45) is 3.04. The van der Waals surface area contributed by atoms with Crippen LogP contribution in [-0.2, 0) is 4.74 Å². The quantitative estimate of drug-likeness (QED) is 0.717. The van der Waals surface area contributed by atoms with E-state index in [4.69, 9.17) is 4.74 Å². The number of pyridine rings is 1. The Morgan fingerprint density at radius 1 is 1.50 bits per heavy atom. The zero-order valence-corrected chi connectivity index (χ0v) is 8.86. The summed E-state index contributed by atoms with van der Waals surface area (Å²) in [7, 11) is 0. The lowest BCUT2D eigenvalue weighted by Crippen LogP contribution is -2.02. The first-order valence-corrected chi connectivity index (χ1v) is 5.31. The van der Waals surface area contributed by atoms with Crippen molar-refractivity contribution in [3.8, 4) is 0 Å². The van der Waals surface area contributed by atoms with Crippen molar-refractivity contribution in [2.45, 2.75) is 32.1 Å². The molecule has 0 spiro atoms. The average molecular weight is 191 g/mol. The third-order valence-corrected chi connectivity index (χ3v) is 2.82. The highest BCUT2D eigenvalue weighted by Gasteiger charge is 2.19. The van der Waals surface area contributed by atoms with Gasteiger partial charge in [0.25, 0.3) is 0 Å². The van der Waals surface area contributed by atoms with Crippen LogP contribution in [0.2, 0.25) is 0 Å². The van der Waals surface area contributed by atoms with E-state index in [9.17, 15) is 0 Å². The Labute approximate surface area is 85.3 Å². The maximum absolute atomic E-state index is 5.37. The van der Waals surface area contributed by atoms with Gasteiger partial charge in [0.2, 0.25) is 0 Å². The van der Waals surface area contributed by atoms with Gasteiger partial charge in [-0.2, -0.15) is 0 Å². The first-order chi connectivity index (χ1) is 6.77. The molecule has 0 saturated carbocycles. The van der Waals surface area contributed by atoms with E-state index in [0.717, 1.165) is 19.6 Å². The summed E-state index contributed by atoms with van der Waals surface area (Å²) in [5.41, 5.74) is 2.58. The lowest BCUT2D eigenvalue weighted by atomic mass is 9.98. The van der Waals surface area contributed by atoms with Crippen LogP contribution in [-0.4, -0.2) is 18.2 Å². The molecule has 0 N–H and O–H groups in total. The fraction of sp³-hybridized carbons (Fsp3) is 0.583. The molecular weight excluding hydrogens is 174 g/mol. The van der Waals surface area contributed by atoms with Gasteiger partial charge < -0.3 is 4.74 Å². The van der Waals surface area contributed by atoms with Crippen molar-refractivity contribution in [3.63, 3.8) is 0 Å². The minimum Gasteiger partial charge on any atom is -0.381 e. The topological polar surface area (TPSA) is 22.1 Å². The van der Waals surface area contributed by atoms with Gasteiger partial charge in [-0.25, -0.2) is 0 Å². The van der Waals surface area contributed by atoms with Crippen molar-refractivity contribution in [1.29, 1.82) is 0 Å². The van der Waals surface area contributed by atoms with E-state index < -0.39 is 0 Å². The predicted octanol–water partition coefficient (Wildman–Crippen LogP) is 2.71. The summed E-state index contributed by atoms with van der Waals surface area (Å²) in [5.74, 6) is 1.10. The summed E-state index contributed by atoms with van der Waals surface area (Å²) in [5, 5.41) is 0. The van der Waals surface area contributed by atoms with Crippen molar-refractivity contribution in [3.05, 3.63) is 29.6 Å². The second kappa shape index (κ2) is 4.09. The Morgan fingerprint density at radius 2 is 2.36 bits per heavy atom. The summed E-state index contributed by atoms with van der Waals surface area (Å²) in [6, 6.07) is 4.33. The van der Waals surface area contributed by atoms with E-state index >= 15 is 0 Å². The Hall–Kier alpha value is -0.890. The molecule has 0 amide bonds. The number of ether oxygens (including phenoxy) is 1. The number of hydrogen-bond donors (Lipinski definition) is 0. The first-order valence-electron chi connectivity index (χ1n) is 5.31. The Kier molecular flexibility index (Phi) is 2.82. The highest BCUT2D eigenvalue weighted by Crippen LogP contribution is 2.25. The van der Waals surface area contributed by atoms with Gasteiger partial charge in [-0.05, 0) is 30.0 Å². The average Bonchev–Trinajstić information content (AvgIpc) is 2.71. The van der Waals surface area contributed by atoms with Gasteiger partial charge in [-0.3, -0.25) is 4.98 Å². The smallest absolute Gasteiger partial charge is 0.0550 e. The summed E-state index contributed by atoms with van der Waals surface area (Å²) >= 11 is 0. The Balaban J connectivity index is 2.21. The number of rotatable bonds is 2. The zero-order chi connectivity index (χ0) is 9.97. The molecule has 0 aromatic carbocycles. The molecule has 0 bridgehead atoms. The largest absolute Gasteiger partial charge is 0.381 e. The molecule has 1 aliphatic heterocycles. The second-order valence-corrected chi connectivity index (χ2v) is 4.23. The van der Waals surface area contributed by atoms with Crippen LogP contribution in [0.3, 0.4) is 0 Å². The van der Waals surface area contributed by atoms with E-state index in [2.05, 4.69) is 31.0 Å². The third kappa shape index (κ3) is 1.95. The summed E-state index contributed by atoms with van der Waals surface area (Å²) in [4.78, 5) is 4.42. The molecule has 2 rings (SSSR count). The SMILES string of the molecule is CC(C)c1ccnc([C@@H]2CCOC2)c1. The molecule has 1 aromatic heterocycles. The molecule has 0 unspecified atom stereocenters. The van der Waals surface area contributed by atoms with Crippen LogP contribution in [0.5, 0.6) is 0 Å². The van der Waals surface area contributed by atoms with Gasteiger partial charge in [0, 0.05) is 24.4 Å². The minimum absolute atomic E-state index is 0.522. The van der Waals surface area contributed by atoms with E-state index in [-0.39, 0.29) is 0 Å². The molecule has 2 heteroatoms. The molecule has 2 nitrogen and oxygen atoms in total. The molecule has 1 fully saturated rings. The van der Waals surface area contributed by atoms with Gasteiger partial charge in [-0.1, -0.05) is 13.8 Å². The molecule has 0 aliphatic carbocycles. The highest BCUT2D eigenvalue weighted by molar-refractivity contribution is 5.22. The number of aromatic nitrogens is 1. The van der Waals surface area contributed by atoms with Crippen molar-refractivity contribution in [1.82, 2.24) is 4.98 Å². The van der Waals surface area contributed by atoms with E-state index in [1.807, 2.05) is 6.20 Å². The van der Waals surface area contributed by atoms with Crippen molar-refractivity contribution in [2.24, 2.45) is 0 Å². The fourth-order valence-electron chi connectivity index (χ4n) is 1.82. The van der Waals surface area contributed by atoms with E-state index in [1.54, 1.807) is 0 Å². The maximum atomic E-state index is 5.37. The minimum atomic E-state index is 0.522. The van der Waals surface area contributed by atoms with Crippen LogP contribution in [0.15, 0.2) is 18.3 Å². The highest BCUT2D eigenvalue weighted by atomic mass is 16.5. The van der Waals surface area contributed by atoms with Crippen LogP contribution in [0.1, 0.15) is 43.4 Å².